The summed E-state index contributed by atoms with van der Waals surface area (Å²) >= 11 is 0. The van der Waals surface area contributed by atoms with Crippen molar-refractivity contribution >= 4 is 11.4 Å². The van der Waals surface area contributed by atoms with Gasteiger partial charge >= 0.3 is 0 Å². The predicted octanol–water partition coefficient (Wildman–Crippen LogP) is -0.166. The molecule has 5 atom stereocenters. The molecule has 0 aromatic heterocycles. The first-order chi connectivity index (χ1) is 9.40. The van der Waals surface area contributed by atoms with Gasteiger partial charge in [0.1, 0.15) is 18.3 Å². The van der Waals surface area contributed by atoms with Gasteiger partial charge in [-0.3, -0.25) is 10.1 Å². The minimum absolute atomic E-state index is 0.103. The fraction of sp³-hybridized carbons (Fsp3) is 0.500. The van der Waals surface area contributed by atoms with Gasteiger partial charge in [-0.25, -0.2) is 0 Å². The molecule has 4 N–H and O–H groups in total. The van der Waals surface area contributed by atoms with Gasteiger partial charge < -0.3 is 25.4 Å². The number of nitro groups is 1. The molecule has 0 spiro atoms. The number of rotatable bonds is 3. The zero-order valence-electron chi connectivity index (χ0n) is 10.7. The van der Waals surface area contributed by atoms with E-state index in [0.717, 1.165) is 0 Å². The zero-order chi connectivity index (χ0) is 14.9. The van der Waals surface area contributed by atoms with Crippen molar-refractivity contribution in [1.29, 1.82) is 0 Å². The zero-order valence-corrected chi connectivity index (χ0v) is 10.7. The van der Waals surface area contributed by atoms with Crippen molar-refractivity contribution in [3.63, 3.8) is 0 Å². The van der Waals surface area contributed by atoms with Gasteiger partial charge in [0.25, 0.3) is 5.69 Å². The average Bonchev–Trinajstić information content (AvgIpc) is 2.42. The molecule has 20 heavy (non-hydrogen) atoms. The summed E-state index contributed by atoms with van der Waals surface area (Å²) < 4.78 is 5.34. The van der Waals surface area contributed by atoms with Crippen molar-refractivity contribution < 1.29 is 25.0 Å². The first-order valence-corrected chi connectivity index (χ1v) is 6.11. The van der Waals surface area contributed by atoms with Gasteiger partial charge in [-0.1, -0.05) is 6.07 Å². The normalized spacial score (nSPS) is 33.7. The summed E-state index contributed by atoms with van der Waals surface area (Å²) in [5.74, 6) is 0. The van der Waals surface area contributed by atoms with Crippen molar-refractivity contribution in [2.75, 3.05) is 5.32 Å². The largest absolute Gasteiger partial charge is 0.388 e. The molecule has 0 bridgehead atoms. The molecule has 0 aliphatic carbocycles. The van der Waals surface area contributed by atoms with Gasteiger partial charge in [-0.05, 0) is 13.0 Å². The van der Waals surface area contributed by atoms with E-state index in [4.69, 9.17) is 4.74 Å². The fourth-order valence-electron chi connectivity index (χ4n) is 2.04. The number of nitro benzene ring substituents is 1. The molecule has 1 saturated heterocycles. The smallest absolute Gasteiger partial charge is 0.271 e. The molecule has 2 rings (SSSR count). The molecular weight excluding hydrogens is 268 g/mol. The van der Waals surface area contributed by atoms with Gasteiger partial charge in [0.05, 0.1) is 11.0 Å². The lowest BCUT2D eigenvalue weighted by Gasteiger charge is -2.39. The molecular formula is C12H16N2O6. The molecule has 1 aromatic rings. The molecule has 110 valence electrons. The highest BCUT2D eigenvalue weighted by molar-refractivity contribution is 5.51. The highest BCUT2D eigenvalue weighted by atomic mass is 16.6. The van der Waals surface area contributed by atoms with Crippen LogP contribution in [0.3, 0.4) is 0 Å². The quantitative estimate of drug-likeness (QED) is 0.448. The molecule has 8 heteroatoms. The number of benzene rings is 1. The maximum Gasteiger partial charge on any atom is 0.271 e. The van der Waals surface area contributed by atoms with E-state index < -0.39 is 35.6 Å². The summed E-state index contributed by atoms with van der Waals surface area (Å²) in [4.78, 5) is 10.1. The Morgan fingerprint density at radius 3 is 2.60 bits per heavy atom. The lowest BCUT2D eigenvalue weighted by Crippen LogP contribution is -2.58. The number of aliphatic hydroxyl groups is 3. The van der Waals surface area contributed by atoms with Gasteiger partial charge in [0.15, 0.2) is 6.23 Å². The number of nitrogens with zero attached hydrogens (tertiary/aromatic N) is 1. The van der Waals surface area contributed by atoms with E-state index >= 15 is 0 Å². The average molecular weight is 284 g/mol. The van der Waals surface area contributed by atoms with Crippen LogP contribution in [0.5, 0.6) is 0 Å². The first kappa shape index (κ1) is 14.7. The van der Waals surface area contributed by atoms with Gasteiger partial charge in [-0.15, -0.1) is 0 Å². The van der Waals surface area contributed by atoms with Crippen molar-refractivity contribution in [2.45, 2.75) is 37.6 Å². The first-order valence-electron chi connectivity index (χ1n) is 6.11. The Morgan fingerprint density at radius 1 is 1.25 bits per heavy atom. The third kappa shape index (κ3) is 2.88. The highest BCUT2D eigenvalue weighted by Crippen LogP contribution is 2.24. The van der Waals surface area contributed by atoms with Crippen molar-refractivity contribution in [3.8, 4) is 0 Å². The molecule has 0 saturated carbocycles. The second kappa shape index (κ2) is 5.71. The summed E-state index contributed by atoms with van der Waals surface area (Å²) in [6.07, 6.45) is -5.53. The predicted molar refractivity (Wildman–Crippen MR) is 69.1 cm³/mol. The summed E-state index contributed by atoms with van der Waals surface area (Å²) in [5.41, 5.74) is 0.271. The lowest BCUT2D eigenvalue weighted by atomic mass is 9.99. The lowest BCUT2D eigenvalue weighted by molar-refractivity contribution is -0.384. The van der Waals surface area contributed by atoms with Crippen LogP contribution in [0.1, 0.15) is 6.92 Å². The molecule has 8 nitrogen and oxygen atoms in total. The van der Waals surface area contributed by atoms with Crippen LogP contribution in [0.4, 0.5) is 11.4 Å². The summed E-state index contributed by atoms with van der Waals surface area (Å²) in [6, 6.07) is 5.69. The van der Waals surface area contributed by atoms with E-state index in [9.17, 15) is 25.4 Å². The Hall–Kier alpha value is -1.74. The number of non-ortho nitro benzene ring substituents is 1. The second-order valence-corrected chi connectivity index (χ2v) is 4.69. The van der Waals surface area contributed by atoms with Crippen molar-refractivity contribution in [1.82, 2.24) is 0 Å². The minimum Gasteiger partial charge on any atom is -0.388 e. The van der Waals surface area contributed by atoms with Crippen LogP contribution < -0.4 is 5.32 Å². The highest BCUT2D eigenvalue weighted by Gasteiger charge is 2.41. The van der Waals surface area contributed by atoms with E-state index in [0.29, 0.717) is 5.69 Å². The molecule has 0 radical (unpaired) electrons. The Labute approximate surface area is 114 Å². The molecule has 1 aromatic carbocycles. The number of anilines is 1. The SMILES string of the molecule is C[C@H]1O[C@@H](Nc2cccc([N+](=O)[O-])c2)[C@@H](O)[C@@H](O)[C@H]1O. The standard InChI is InChI=1S/C12H16N2O6/c1-6-9(15)10(16)11(17)12(20-6)13-7-3-2-4-8(5-7)14(18)19/h2-6,9-13,15-17H,1H3/t6-,9+,10+,11+,12-/m1/s1. The molecule has 0 unspecified atom stereocenters. The molecule has 1 heterocycles. The molecule has 0 amide bonds. The van der Waals surface area contributed by atoms with Gasteiger partial charge in [-0.2, -0.15) is 0 Å². The van der Waals surface area contributed by atoms with Crippen LogP contribution in [0, 0.1) is 10.1 Å². The van der Waals surface area contributed by atoms with Crippen molar-refractivity contribution in [3.05, 3.63) is 34.4 Å². The van der Waals surface area contributed by atoms with Crippen LogP contribution in [0.2, 0.25) is 0 Å². The van der Waals surface area contributed by atoms with E-state index in [1.165, 1.54) is 18.2 Å². The molecule has 1 aliphatic rings. The number of aliphatic hydroxyl groups excluding tert-OH is 3. The van der Waals surface area contributed by atoms with Crippen LogP contribution in [0.25, 0.3) is 0 Å². The van der Waals surface area contributed by atoms with Crippen LogP contribution in [0.15, 0.2) is 24.3 Å². The minimum atomic E-state index is -1.35. The summed E-state index contributed by atoms with van der Waals surface area (Å²) in [5, 5.41) is 42.5. The van der Waals surface area contributed by atoms with Crippen LogP contribution >= 0.6 is 0 Å². The van der Waals surface area contributed by atoms with Gasteiger partial charge in [0.2, 0.25) is 0 Å². The maximum absolute atomic E-state index is 10.7. The van der Waals surface area contributed by atoms with Gasteiger partial charge in [0, 0.05) is 17.8 Å². The van der Waals surface area contributed by atoms with E-state index in [1.807, 2.05) is 0 Å². The Balaban J connectivity index is 2.13. The third-order valence-corrected chi connectivity index (χ3v) is 3.22. The Bertz CT molecular complexity index is 497. The monoisotopic (exact) mass is 284 g/mol. The van der Waals surface area contributed by atoms with E-state index in [2.05, 4.69) is 5.32 Å². The molecule has 1 aliphatic heterocycles. The Morgan fingerprint density at radius 2 is 1.95 bits per heavy atom. The molecule has 1 fully saturated rings. The topological polar surface area (TPSA) is 125 Å². The number of hydrogen-bond donors (Lipinski definition) is 4. The van der Waals surface area contributed by atoms with Crippen LogP contribution in [-0.4, -0.2) is 50.9 Å². The summed E-state index contributed by atoms with van der Waals surface area (Å²) in [7, 11) is 0. The fourth-order valence-corrected chi connectivity index (χ4v) is 2.04. The maximum atomic E-state index is 10.7. The second-order valence-electron chi connectivity index (χ2n) is 4.69. The number of ether oxygens (including phenoxy) is 1. The van der Waals surface area contributed by atoms with Crippen molar-refractivity contribution in [2.24, 2.45) is 0 Å². The van der Waals surface area contributed by atoms with Crippen LogP contribution in [-0.2, 0) is 4.74 Å². The Kier molecular flexibility index (Phi) is 4.19. The van der Waals surface area contributed by atoms with E-state index in [-0.39, 0.29) is 5.69 Å². The summed E-state index contributed by atoms with van der Waals surface area (Å²) in [6.45, 7) is 1.56. The number of hydrogen-bond acceptors (Lipinski definition) is 7. The van der Waals surface area contributed by atoms with E-state index in [1.54, 1.807) is 13.0 Å². The third-order valence-electron chi connectivity index (χ3n) is 3.22. The number of nitrogens with one attached hydrogen (secondary N) is 1.